The third kappa shape index (κ3) is 3.18. The smallest absolute Gasteiger partial charge is 0.225 e. The molecule has 1 aromatic rings. The third-order valence-corrected chi connectivity index (χ3v) is 3.05. The van der Waals surface area contributed by atoms with Gasteiger partial charge >= 0.3 is 0 Å². The second kappa shape index (κ2) is 5.80. The third-order valence-electron chi connectivity index (χ3n) is 3.05. The molecule has 1 aliphatic heterocycles. The number of hydrogen-bond donors (Lipinski definition) is 0. The van der Waals surface area contributed by atoms with Gasteiger partial charge in [0, 0.05) is 45.0 Å². The Balaban J connectivity index is 1.87. The lowest BCUT2D eigenvalue weighted by Crippen LogP contribution is -2.49. The summed E-state index contributed by atoms with van der Waals surface area (Å²) in [5.74, 6) is 1.44. The number of carbonyl (C=O) groups is 1. The number of rotatable bonds is 3. The fourth-order valence-corrected chi connectivity index (χ4v) is 2.09. The molecule has 0 unspecified atom stereocenters. The first-order valence-corrected chi connectivity index (χ1v) is 6.46. The molecule has 1 saturated heterocycles. The van der Waals surface area contributed by atoms with Gasteiger partial charge < -0.3 is 9.80 Å². The summed E-state index contributed by atoms with van der Waals surface area (Å²) in [7, 11) is 0. The number of carbonyl (C=O) groups excluding carboxylic acids is 1. The lowest BCUT2D eigenvalue weighted by Gasteiger charge is -2.35. The van der Waals surface area contributed by atoms with E-state index in [1.807, 2.05) is 11.0 Å². The van der Waals surface area contributed by atoms with Crippen molar-refractivity contribution in [2.24, 2.45) is 5.92 Å². The Hall–Kier alpha value is -1.65. The summed E-state index contributed by atoms with van der Waals surface area (Å²) in [6.45, 7) is 7.31. The maximum absolute atomic E-state index is 11.9. The molecule has 98 valence electrons. The van der Waals surface area contributed by atoms with E-state index in [2.05, 4.69) is 28.7 Å². The number of piperazine rings is 1. The number of hydrogen-bond acceptors (Lipinski definition) is 4. The highest BCUT2D eigenvalue weighted by atomic mass is 16.2. The Morgan fingerprint density at radius 1 is 1.22 bits per heavy atom. The molecule has 0 aliphatic carbocycles. The maximum Gasteiger partial charge on any atom is 0.225 e. The highest BCUT2D eigenvalue weighted by Crippen LogP contribution is 2.11. The summed E-state index contributed by atoms with van der Waals surface area (Å²) < 4.78 is 0. The minimum absolute atomic E-state index is 0.263. The summed E-state index contributed by atoms with van der Waals surface area (Å²) >= 11 is 0. The van der Waals surface area contributed by atoms with Gasteiger partial charge in [0.25, 0.3) is 0 Å². The normalized spacial score (nSPS) is 16.2. The van der Waals surface area contributed by atoms with Gasteiger partial charge in [0.1, 0.15) is 0 Å². The minimum atomic E-state index is 0.263. The Morgan fingerprint density at radius 3 is 2.39 bits per heavy atom. The zero-order valence-corrected chi connectivity index (χ0v) is 11.0. The van der Waals surface area contributed by atoms with Crippen molar-refractivity contribution in [3.63, 3.8) is 0 Å². The zero-order valence-electron chi connectivity index (χ0n) is 11.0. The van der Waals surface area contributed by atoms with Crippen LogP contribution in [0.1, 0.15) is 20.3 Å². The fraction of sp³-hybridized carbons (Fsp3) is 0.615. The van der Waals surface area contributed by atoms with Crippen molar-refractivity contribution in [1.29, 1.82) is 0 Å². The van der Waals surface area contributed by atoms with Crippen molar-refractivity contribution in [3.05, 3.63) is 18.5 Å². The van der Waals surface area contributed by atoms with Crippen LogP contribution in [0.2, 0.25) is 0 Å². The van der Waals surface area contributed by atoms with Crippen molar-refractivity contribution in [3.8, 4) is 0 Å². The van der Waals surface area contributed by atoms with Gasteiger partial charge in [-0.25, -0.2) is 9.97 Å². The van der Waals surface area contributed by atoms with Crippen LogP contribution in [0.4, 0.5) is 5.95 Å². The molecular formula is C13H20N4O. The van der Waals surface area contributed by atoms with Crippen LogP contribution in [0.15, 0.2) is 18.5 Å². The van der Waals surface area contributed by atoms with Gasteiger partial charge in [0.15, 0.2) is 0 Å². The molecule has 2 rings (SSSR count). The van der Waals surface area contributed by atoms with Crippen molar-refractivity contribution >= 4 is 11.9 Å². The first kappa shape index (κ1) is 12.8. The van der Waals surface area contributed by atoms with Gasteiger partial charge in [0.05, 0.1) is 0 Å². The first-order valence-electron chi connectivity index (χ1n) is 6.46. The second-order valence-electron chi connectivity index (χ2n) is 5.01. The molecule has 1 fully saturated rings. The molecule has 0 radical (unpaired) electrons. The van der Waals surface area contributed by atoms with Gasteiger partial charge in [0.2, 0.25) is 11.9 Å². The van der Waals surface area contributed by atoms with Crippen LogP contribution < -0.4 is 4.90 Å². The number of anilines is 1. The molecule has 0 aromatic carbocycles. The molecule has 0 N–H and O–H groups in total. The molecule has 0 saturated carbocycles. The van der Waals surface area contributed by atoms with Crippen molar-refractivity contribution in [2.75, 3.05) is 31.1 Å². The Labute approximate surface area is 108 Å². The molecule has 5 heteroatoms. The first-order chi connectivity index (χ1) is 8.66. The lowest BCUT2D eigenvalue weighted by molar-refractivity contribution is -0.132. The van der Waals surface area contributed by atoms with E-state index in [4.69, 9.17) is 0 Å². The molecule has 0 atom stereocenters. The molecule has 1 amide bonds. The Bertz CT molecular complexity index is 385. The molecular weight excluding hydrogens is 228 g/mol. The molecule has 5 nitrogen and oxygen atoms in total. The van der Waals surface area contributed by atoms with Crippen LogP contribution in [0.25, 0.3) is 0 Å². The minimum Gasteiger partial charge on any atom is -0.339 e. The second-order valence-corrected chi connectivity index (χ2v) is 5.01. The van der Waals surface area contributed by atoms with Gasteiger partial charge in [-0.05, 0) is 12.0 Å². The maximum atomic E-state index is 11.9. The standard InChI is InChI=1S/C13H20N4O/c1-11(2)10-12(18)16-6-8-17(9-7-16)13-14-4-3-5-15-13/h3-5,11H,6-10H2,1-2H3. The average molecular weight is 248 g/mol. The Kier molecular flexibility index (Phi) is 4.12. The monoisotopic (exact) mass is 248 g/mol. The van der Waals surface area contributed by atoms with E-state index >= 15 is 0 Å². The molecule has 18 heavy (non-hydrogen) atoms. The fourth-order valence-electron chi connectivity index (χ4n) is 2.09. The molecule has 2 heterocycles. The molecule has 0 bridgehead atoms. The van der Waals surface area contributed by atoms with E-state index < -0.39 is 0 Å². The van der Waals surface area contributed by atoms with Crippen LogP contribution in [-0.4, -0.2) is 47.0 Å². The molecule has 0 spiro atoms. The summed E-state index contributed by atoms with van der Waals surface area (Å²) in [6.07, 6.45) is 4.14. The summed E-state index contributed by atoms with van der Waals surface area (Å²) in [6, 6.07) is 1.81. The van der Waals surface area contributed by atoms with Crippen molar-refractivity contribution in [1.82, 2.24) is 14.9 Å². The largest absolute Gasteiger partial charge is 0.339 e. The zero-order chi connectivity index (χ0) is 13.0. The SMILES string of the molecule is CC(C)CC(=O)N1CCN(c2ncccn2)CC1. The van der Waals surface area contributed by atoms with Crippen LogP contribution >= 0.6 is 0 Å². The van der Waals surface area contributed by atoms with E-state index in [1.165, 1.54) is 0 Å². The number of nitrogens with zero attached hydrogens (tertiary/aromatic N) is 4. The number of amides is 1. The predicted octanol–water partition coefficient (Wildman–Crippen LogP) is 1.17. The van der Waals surface area contributed by atoms with Crippen LogP contribution in [0.3, 0.4) is 0 Å². The van der Waals surface area contributed by atoms with E-state index in [-0.39, 0.29) is 5.91 Å². The number of aromatic nitrogens is 2. The van der Waals surface area contributed by atoms with E-state index in [1.54, 1.807) is 12.4 Å². The lowest BCUT2D eigenvalue weighted by atomic mass is 10.1. The van der Waals surface area contributed by atoms with Gasteiger partial charge in [-0.3, -0.25) is 4.79 Å². The average Bonchev–Trinajstić information content (AvgIpc) is 2.39. The van der Waals surface area contributed by atoms with Crippen LogP contribution in [-0.2, 0) is 4.79 Å². The van der Waals surface area contributed by atoms with E-state index in [0.29, 0.717) is 12.3 Å². The van der Waals surface area contributed by atoms with Gasteiger partial charge in [-0.15, -0.1) is 0 Å². The van der Waals surface area contributed by atoms with Crippen LogP contribution in [0, 0.1) is 5.92 Å². The summed E-state index contributed by atoms with van der Waals surface area (Å²) in [5.41, 5.74) is 0. The van der Waals surface area contributed by atoms with E-state index in [0.717, 1.165) is 32.1 Å². The predicted molar refractivity (Wildman–Crippen MR) is 70.3 cm³/mol. The molecule has 1 aliphatic rings. The van der Waals surface area contributed by atoms with Crippen LogP contribution in [0.5, 0.6) is 0 Å². The van der Waals surface area contributed by atoms with E-state index in [9.17, 15) is 4.79 Å². The van der Waals surface area contributed by atoms with Crippen molar-refractivity contribution in [2.45, 2.75) is 20.3 Å². The summed E-state index contributed by atoms with van der Waals surface area (Å²) in [4.78, 5) is 24.5. The molecule has 1 aromatic heterocycles. The highest BCUT2D eigenvalue weighted by molar-refractivity contribution is 5.76. The van der Waals surface area contributed by atoms with Crippen molar-refractivity contribution < 1.29 is 4.79 Å². The topological polar surface area (TPSA) is 49.3 Å². The highest BCUT2D eigenvalue weighted by Gasteiger charge is 2.22. The Morgan fingerprint density at radius 2 is 1.83 bits per heavy atom. The van der Waals surface area contributed by atoms with Gasteiger partial charge in [-0.2, -0.15) is 0 Å². The van der Waals surface area contributed by atoms with Gasteiger partial charge in [-0.1, -0.05) is 13.8 Å². The summed E-state index contributed by atoms with van der Waals surface area (Å²) in [5, 5.41) is 0. The quantitative estimate of drug-likeness (QED) is 0.805.